The van der Waals surface area contributed by atoms with Crippen molar-refractivity contribution in [2.75, 3.05) is 6.61 Å². The Balaban J connectivity index is 1.61. The van der Waals surface area contributed by atoms with Crippen LogP contribution >= 0.6 is 0 Å². The van der Waals surface area contributed by atoms with Gasteiger partial charge in [0.2, 0.25) is 0 Å². The molecule has 1 amide bonds. The summed E-state index contributed by atoms with van der Waals surface area (Å²) >= 11 is 0. The third-order valence-corrected chi connectivity index (χ3v) is 4.53. The summed E-state index contributed by atoms with van der Waals surface area (Å²) in [5.74, 6) is 0.369. The molecule has 0 spiro atoms. The van der Waals surface area contributed by atoms with Gasteiger partial charge >= 0.3 is 0 Å². The topological polar surface area (TPSA) is 94.3 Å². The molecule has 0 unspecified atom stereocenters. The Kier molecular flexibility index (Phi) is 6.62. The first kappa shape index (κ1) is 20.9. The standard InChI is InChI=1S/C24H22N6O2/c1-2-14-32-21-10-8-18(9-11-21)23-19(17-30(29-23)20-6-4-3-5-7-20)15-27-28-24(31)22-16-25-12-13-26-22/h3-13,15-17H,2,14H2,1H3,(H,28,31)/b27-15-. The molecule has 0 bridgehead atoms. The fraction of sp³-hybridized carbons (Fsp3) is 0.125. The molecule has 0 radical (unpaired) electrons. The Bertz CT molecular complexity index is 1190. The maximum atomic E-state index is 12.2. The Labute approximate surface area is 185 Å². The van der Waals surface area contributed by atoms with Crippen molar-refractivity contribution in [1.29, 1.82) is 0 Å². The molecule has 160 valence electrons. The maximum Gasteiger partial charge on any atom is 0.291 e. The van der Waals surface area contributed by atoms with Crippen molar-refractivity contribution in [3.63, 3.8) is 0 Å². The Morgan fingerprint density at radius 2 is 1.94 bits per heavy atom. The Morgan fingerprint density at radius 1 is 1.12 bits per heavy atom. The quantitative estimate of drug-likeness (QED) is 0.341. The second-order valence-electron chi connectivity index (χ2n) is 6.88. The van der Waals surface area contributed by atoms with Crippen LogP contribution in [0.5, 0.6) is 5.75 Å². The van der Waals surface area contributed by atoms with Crippen LogP contribution in [0.3, 0.4) is 0 Å². The van der Waals surface area contributed by atoms with Crippen molar-refractivity contribution in [1.82, 2.24) is 25.2 Å². The molecule has 0 aliphatic carbocycles. The summed E-state index contributed by atoms with van der Waals surface area (Å²) in [5, 5.41) is 8.85. The van der Waals surface area contributed by atoms with E-state index in [4.69, 9.17) is 9.84 Å². The molecule has 4 aromatic rings. The molecule has 2 aromatic heterocycles. The number of nitrogens with zero attached hydrogens (tertiary/aromatic N) is 5. The number of benzene rings is 2. The Morgan fingerprint density at radius 3 is 2.66 bits per heavy atom. The lowest BCUT2D eigenvalue weighted by atomic mass is 10.1. The van der Waals surface area contributed by atoms with Crippen LogP contribution in [0.15, 0.2) is 84.5 Å². The number of hydrogen-bond acceptors (Lipinski definition) is 6. The van der Waals surface area contributed by atoms with Gasteiger partial charge in [0, 0.05) is 29.7 Å². The molecule has 0 fully saturated rings. The van der Waals surface area contributed by atoms with Gasteiger partial charge in [-0.3, -0.25) is 9.78 Å². The van der Waals surface area contributed by atoms with E-state index in [0.29, 0.717) is 6.61 Å². The first-order chi connectivity index (χ1) is 15.7. The summed E-state index contributed by atoms with van der Waals surface area (Å²) in [6.45, 7) is 2.74. The van der Waals surface area contributed by atoms with Crippen LogP contribution in [0.1, 0.15) is 29.4 Å². The third-order valence-electron chi connectivity index (χ3n) is 4.53. The zero-order chi connectivity index (χ0) is 22.2. The van der Waals surface area contributed by atoms with Crippen LogP contribution in [-0.4, -0.2) is 38.5 Å². The van der Waals surface area contributed by atoms with Gasteiger partial charge in [-0.25, -0.2) is 15.1 Å². The largest absolute Gasteiger partial charge is 0.494 e. The van der Waals surface area contributed by atoms with Crippen LogP contribution in [-0.2, 0) is 0 Å². The first-order valence-corrected chi connectivity index (χ1v) is 10.2. The summed E-state index contributed by atoms with van der Waals surface area (Å²) in [6, 6.07) is 17.5. The van der Waals surface area contributed by atoms with Gasteiger partial charge in [0.05, 0.1) is 24.7 Å². The van der Waals surface area contributed by atoms with E-state index < -0.39 is 5.91 Å². The van der Waals surface area contributed by atoms with Crippen LogP contribution < -0.4 is 10.2 Å². The smallest absolute Gasteiger partial charge is 0.291 e. The fourth-order valence-corrected chi connectivity index (χ4v) is 2.98. The third kappa shape index (κ3) is 5.04. The maximum absolute atomic E-state index is 12.2. The van der Waals surface area contributed by atoms with E-state index in [-0.39, 0.29) is 5.69 Å². The number of amides is 1. The zero-order valence-corrected chi connectivity index (χ0v) is 17.5. The molecule has 2 heterocycles. The number of hydrogen-bond donors (Lipinski definition) is 1. The van der Waals surface area contributed by atoms with Crippen molar-refractivity contribution >= 4 is 12.1 Å². The van der Waals surface area contributed by atoms with Gasteiger partial charge in [-0.1, -0.05) is 25.1 Å². The van der Waals surface area contributed by atoms with Gasteiger partial charge in [0.15, 0.2) is 0 Å². The molecule has 4 rings (SSSR count). The molecule has 0 saturated heterocycles. The molecule has 0 saturated carbocycles. The van der Waals surface area contributed by atoms with Crippen molar-refractivity contribution in [2.24, 2.45) is 5.10 Å². The van der Waals surface area contributed by atoms with Crippen molar-refractivity contribution < 1.29 is 9.53 Å². The fourth-order valence-electron chi connectivity index (χ4n) is 2.98. The van der Waals surface area contributed by atoms with Gasteiger partial charge in [0.1, 0.15) is 17.1 Å². The molecule has 0 aliphatic rings. The number of aromatic nitrogens is 4. The molecule has 32 heavy (non-hydrogen) atoms. The molecule has 1 N–H and O–H groups in total. The summed E-state index contributed by atoms with van der Waals surface area (Å²) in [7, 11) is 0. The average Bonchev–Trinajstić information content (AvgIpc) is 3.28. The highest BCUT2D eigenvalue weighted by atomic mass is 16.5. The van der Waals surface area contributed by atoms with Gasteiger partial charge in [-0.15, -0.1) is 0 Å². The minimum atomic E-state index is -0.441. The lowest BCUT2D eigenvalue weighted by Crippen LogP contribution is -2.19. The number of nitrogens with one attached hydrogen (secondary N) is 1. The van der Waals surface area contributed by atoms with E-state index in [2.05, 4.69) is 27.4 Å². The van der Waals surface area contributed by atoms with E-state index in [1.54, 1.807) is 10.9 Å². The van der Waals surface area contributed by atoms with Crippen LogP contribution in [0.2, 0.25) is 0 Å². The zero-order valence-electron chi connectivity index (χ0n) is 17.5. The van der Waals surface area contributed by atoms with Gasteiger partial charge in [0.25, 0.3) is 5.91 Å². The number of hydrazone groups is 1. The number of para-hydroxylation sites is 1. The first-order valence-electron chi connectivity index (χ1n) is 10.2. The normalized spacial score (nSPS) is 10.9. The molecule has 8 nitrogen and oxygen atoms in total. The van der Waals surface area contributed by atoms with E-state index in [0.717, 1.165) is 34.7 Å². The highest BCUT2D eigenvalue weighted by molar-refractivity contribution is 5.94. The van der Waals surface area contributed by atoms with Gasteiger partial charge in [-0.2, -0.15) is 10.2 Å². The lowest BCUT2D eigenvalue weighted by Gasteiger charge is -2.05. The highest BCUT2D eigenvalue weighted by Crippen LogP contribution is 2.25. The van der Waals surface area contributed by atoms with Crippen molar-refractivity contribution in [2.45, 2.75) is 13.3 Å². The van der Waals surface area contributed by atoms with Gasteiger partial charge < -0.3 is 4.74 Å². The minimum Gasteiger partial charge on any atom is -0.494 e. The highest BCUT2D eigenvalue weighted by Gasteiger charge is 2.12. The number of carbonyl (C=O) groups excluding carboxylic acids is 1. The predicted octanol–water partition coefficient (Wildman–Crippen LogP) is 3.88. The van der Waals surface area contributed by atoms with Crippen molar-refractivity contribution in [3.05, 3.63) is 90.6 Å². The monoisotopic (exact) mass is 426 g/mol. The summed E-state index contributed by atoms with van der Waals surface area (Å²) in [6.07, 6.45) is 8.72. The molecule has 0 aliphatic heterocycles. The summed E-state index contributed by atoms with van der Waals surface area (Å²) in [5.41, 5.74) is 5.97. The SMILES string of the molecule is CCCOc1ccc(-c2nn(-c3ccccc3)cc2/C=N\NC(=O)c2cnccn2)cc1. The molecule has 2 aromatic carbocycles. The lowest BCUT2D eigenvalue weighted by molar-refractivity contribution is 0.0949. The van der Waals surface area contributed by atoms with Crippen LogP contribution in [0.25, 0.3) is 16.9 Å². The van der Waals surface area contributed by atoms with Gasteiger partial charge in [-0.05, 0) is 42.8 Å². The minimum absolute atomic E-state index is 0.188. The summed E-state index contributed by atoms with van der Waals surface area (Å²) < 4.78 is 7.45. The number of rotatable bonds is 8. The summed E-state index contributed by atoms with van der Waals surface area (Å²) in [4.78, 5) is 20.0. The van der Waals surface area contributed by atoms with Crippen LogP contribution in [0.4, 0.5) is 0 Å². The van der Waals surface area contributed by atoms with E-state index in [9.17, 15) is 4.79 Å². The molecular formula is C24H22N6O2. The molecule has 0 atom stereocenters. The van der Waals surface area contributed by atoms with E-state index in [1.165, 1.54) is 18.6 Å². The average molecular weight is 426 g/mol. The Hall–Kier alpha value is -4.33. The predicted molar refractivity (Wildman–Crippen MR) is 122 cm³/mol. The second kappa shape index (κ2) is 10.1. The van der Waals surface area contributed by atoms with Crippen molar-refractivity contribution in [3.8, 4) is 22.7 Å². The second-order valence-corrected chi connectivity index (χ2v) is 6.88. The molecule has 8 heteroatoms. The number of ether oxygens (including phenoxy) is 1. The van der Waals surface area contributed by atoms with E-state index >= 15 is 0 Å². The number of carbonyl (C=O) groups is 1. The van der Waals surface area contributed by atoms with Crippen LogP contribution in [0, 0.1) is 0 Å². The molecular weight excluding hydrogens is 404 g/mol. The van der Waals surface area contributed by atoms with E-state index in [1.807, 2.05) is 60.8 Å².